The van der Waals surface area contributed by atoms with Crippen LogP contribution >= 0.6 is 0 Å². The average Bonchev–Trinajstić information content (AvgIpc) is 2.38. The number of carbonyl (C=O) groups is 1. The zero-order valence-corrected chi connectivity index (χ0v) is 12.9. The Morgan fingerprint density at radius 1 is 1.20 bits per heavy atom. The first-order valence-corrected chi connectivity index (χ1v) is 7.60. The van der Waals surface area contributed by atoms with Crippen molar-refractivity contribution in [2.24, 2.45) is 5.92 Å². The molecule has 20 heavy (non-hydrogen) atoms. The summed E-state index contributed by atoms with van der Waals surface area (Å²) in [5.74, 6) is 0.962. The number of benzene rings is 1. The van der Waals surface area contributed by atoms with E-state index in [1.165, 1.54) is 5.56 Å². The standard InChI is InChI=1S/C17H26N2O/c1-14(2)13-18-7-9-19(10-8-18)17(20)12-16-6-4-5-15(3)11-16/h4-6,11,14H,7-10,12-13H2,1-3H3. The van der Waals surface area contributed by atoms with Crippen LogP contribution in [0.1, 0.15) is 25.0 Å². The van der Waals surface area contributed by atoms with Crippen LogP contribution in [0, 0.1) is 12.8 Å². The predicted molar refractivity (Wildman–Crippen MR) is 82.7 cm³/mol. The molecule has 1 saturated heterocycles. The van der Waals surface area contributed by atoms with Crippen molar-refractivity contribution in [3.63, 3.8) is 0 Å². The second kappa shape index (κ2) is 6.89. The molecule has 2 rings (SSSR count). The first-order chi connectivity index (χ1) is 9.54. The summed E-state index contributed by atoms with van der Waals surface area (Å²) in [6.45, 7) is 11.5. The summed E-state index contributed by atoms with van der Waals surface area (Å²) in [5.41, 5.74) is 2.34. The first kappa shape index (κ1) is 15.0. The van der Waals surface area contributed by atoms with Gasteiger partial charge in [0, 0.05) is 32.7 Å². The van der Waals surface area contributed by atoms with Crippen molar-refractivity contribution < 1.29 is 4.79 Å². The molecule has 0 spiro atoms. The van der Waals surface area contributed by atoms with Crippen molar-refractivity contribution in [1.29, 1.82) is 0 Å². The molecule has 1 aromatic rings. The molecule has 1 aliphatic heterocycles. The van der Waals surface area contributed by atoms with Gasteiger partial charge in [0.25, 0.3) is 0 Å². The Hall–Kier alpha value is -1.35. The summed E-state index contributed by atoms with van der Waals surface area (Å²) in [7, 11) is 0. The molecule has 1 amide bonds. The Morgan fingerprint density at radius 2 is 1.90 bits per heavy atom. The minimum Gasteiger partial charge on any atom is -0.340 e. The van der Waals surface area contributed by atoms with E-state index in [1.54, 1.807) is 0 Å². The fourth-order valence-electron chi connectivity index (χ4n) is 2.80. The lowest BCUT2D eigenvalue weighted by Gasteiger charge is -2.35. The molecular weight excluding hydrogens is 248 g/mol. The molecule has 0 aromatic heterocycles. The molecule has 0 bridgehead atoms. The van der Waals surface area contributed by atoms with Crippen molar-refractivity contribution in [2.75, 3.05) is 32.7 Å². The maximum atomic E-state index is 12.3. The third-order valence-corrected chi connectivity index (χ3v) is 3.79. The second-order valence-electron chi connectivity index (χ2n) is 6.24. The van der Waals surface area contributed by atoms with Crippen LogP contribution in [0.5, 0.6) is 0 Å². The van der Waals surface area contributed by atoms with Gasteiger partial charge in [-0.25, -0.2) is 0 Å². The smallest absolute Gasteiger partial charge is 0.227 e. The van der Waals surface area contributed by atoms with E-state index in [0.717, 1.165) is 38.3 Å². The molecule has 1 fully saturated rings. The van der Waals surface area contributed by atoms with Crippen molar-refractivity contribution in [3.8, 4) is 0 Å². The van der Waals surface area contributed by atoms with Crippen LogP contribution in [0.25, 0.3) is 0 Å². The highest BCUT2D eigenvalue weighted by molar-refractivity contribution is 5.78. The van der Waals surface area contributed by atoms with Gasteiger partial charge in [-0.15, -0.1) is 0 Å². The Kier molecular flexibility index (Phi) is 5.18. The Morgan fingerprint density at radius 3 is 2.50 bits per heavy atom. The van der Waals surface area contributed by atoms with E-state index in [0.29, 0.717) is 12.3 Å². The lowest BCUT2D eigenvalue weighted by atomic mass is 10.1. The molecule has 1 heterocycles. The summed E-state index contributed by atoms with van der Waals surface area (Å²) < 4.78 is 0. The maximum Gasteiger partial charge on any atom is 0.227 e. The lowest BCUT2D eigenvalue weighted by Crippen LogP contribution is -2.49. The molecule has 0 atom stereocenters. The Balaban J connectivity index is 1.83. The van der Waals surface area contributed by atoms with E-state index in [4.69, 9.17) is 0 Å². The van der Waals surface area contributed by atoms with Crippen LogP contribution in [-0.2, 0) is 11.2 Å². The van der Waals surface area contributed by atoms with E-state index in [2.05, 4.69) is 37.8 Å². The highest BCUT2D eigenvalue weighted by atomic mass is 16.2. The highest BCUT2D eigenvalue weighted by Crippen LogP contribution is 2.10. The lowest BCUT2D eigenvalue weighted by molar-refractivity contribution is -0.132. The minimum atomic E-state index is 0.264. The molecule has 3 nitrogen and oxygen atoms in total. The molecule has 1 aliphatic rings. The van der Waals surface area contributed by atoms with Crippen LogP contribution in [0.15, 0.2) is 24.3 Å². The van der Waals surface area contributed by atoms with Crippen molar-refractivity contribution >= 4 is 5.91 Å². The van der Waals surface area contributed by atoms with Crippen LogP contribution in [-0.4, -0.2) is 48.4 Å². The normalized spacial score (nSPS) is 16.7. The van der Waals surface area contributed by atoms with E-state index < -0.39 is 0 Å². The maximum absolute atomic E-state index is 12.3. The van der Waals surface area contributed by atoms with E-state index in [9.17, 15) is 4.79 Å². The summed E-state index contributed by atoms with van der Waals surface area (Å²) in [6, 6.07) is 8.24. The zero-order chi connectivity index (χ0) is 14.5. The largest absolute Gasteiger partial charge is 0.340 e. The molecule has 0 radical (unpaired) electrons. The number of hydrogen-bond acceptors (Lipinski definition) is 2. The quantitative estimate of drug-likeness (QED) is 0.841. The van der Waals surface area contributed by atoms with Crippen molar-refractivity contribution in [3.05, 3.63) is 35.4 Å². The van der Waals surface area contributed by atoms with Gasteiger partial charge in [-0.1, -0.05) is 43.7 Å². The van der Waals surface area contributed by atoms with Crippen LogP contribution in [0.3, 0.4) is 0 Å². The molecule has 110 valence electrons. The number of hydrogen-bond donors (Lipinski definition) is 0. The SMILES string of the molecule is Cc1cccc(CC(=O)N2CCN(CC(C)C)CC2)c1. The van der Waals surface area contributed by atoms with Gasteiger partial charge in [0.1, 0.15) is 0 Å². The number of rotatable bonds is 4. The number of nitrogens with zero attached hydrogens (tertiary/aromatic N) is 2. The molecule has 0 saturated carbocycles. The van der Waals surface area contributed by atoms with E-state index >= 15 is 0 Å². The molecule has 3 heteroatoms. The van der Waals surface area contributed by atoms with Gasteiger partial charge >= 0.3 is 0 Å². The number of amides is 1. The van der Waals surface area contributed by atoms with Crippen LogP contribution < -0.4 is 0 Å². The molecule has 0 N–H and O–H groups in total. The molecule has 0 aliphatic carbocycles. The van der Waals surface area contributed by atoms with Gasteiger partial charge in [0.2, 0.25) is 5.91 Å². The molecule has 1 aromatic carbocycles. The number of carbonyl (C=O) groups excluding carboxylic acids is 1. The van der Waals surface area contributed by atoms with Gasteiger partial charge in [-0.3, -0.25) is 9.69 Å². The topological polar surface area (TPSA) is 23.6 Å². The third kappa shape index (κ3) is 4.34. The van der Waals surface area contributed by atoms with Gasteiger partial charge in [0.05, 0.1) is 6.42 Å². The van der Waals surface area contributed by atoms with Gasteiger partial charge in [0.15, 0.2) is 0 Å². The van der Waals surface area contributed by atoms with Crippen LogP contribution in [0.4, 0.5) is 0 Å². The summed E-state index contributed by atoms with van der Waals surface area (Å²) in [5, 5.41) is 0. The van der Waals surface area contributed by atoms with Gasteiger partial charge in [-0.05, 0) is 18.4 Å². The zero-order valence-electron chi connectivity index (χ0n) is 12.9. The second-order valence-corrected chi connectivity index (χ2v) is 6.24. The van der Waals surface area contributed by atoms with E-state index in [-0.39, 0.29) is 5.91 Å². The number of piperazine rings is 1. The van der Waals surface area contributed by atoms with E-state index in [1.807, 2.05) is 17.0 Å². The molecular formula is C17H26N2O. The monoisotopic (exact) mass is 274 g/mol. The highest BCUT2D eigenvalue weighted by Gasteiger charge is 2.21. The van der Waals surface area contributed by atoms with Crippen molar-refractivity contribution in [1.82, 2.24) is 9.80 Å². The van der Waals surface area contributed by atoms with Gasteiger partial charge < -0.3 is 4.90 Å². The van der Waals surface area contributed by atoms with Gasteiger partial charge in [-0.2, -0.15) is 0 Å². The number of aryl methyl sites for hydroxylation is 1. The fraction of sp³-hybridized carbons (Fsp3) is 0.588. The first-order valence-electron chi connectivity index (χ1n) is 7.60. The third-order valence-electron chi connectivity index (χ3n) is 3.79. The predicted octanol–water partition coefficient (Wildman–Crippen LogP) is 2.34. The Labute approximate surface area is 122 Å². The minimum absolute atomic E-state index is 0.264. The fourth-order valence-corrected chi connectivity index (χ4v) is 2.80. The Bertz CT molecular complexity index is 448. The van der Waals surface area contributed by atoms with Crippen LogP contribution in [0.2, 0.25) is 0 Å². The molecule has 0 unspecified atom stereocenters. The van der Waals surface area contributed by atoms with Crippen molar-refractivity contribution in [2.45, 2.75) is 27.2 Å². The average molecular weight is 274 g/mol. The summed E-state index contributed by atoms with van der Waals surface area (Å²) >= 11 is 0. The summed E-state index contributed by atoms with van der Waals surface area (Å²) in [6.07, 6.45) is 0.534. The summed E-state index contributed by atoms with van der Waals surface area (Å²) in [4.78, 5) is 16.8.